The third-order valence-corrected chi connectivity index (χ3v) is 5.10. The molecule has 0 fully saturated rings. The first-order valence-corrected chi connectivity index (χ1v) is 9.11. The zero-order valence-electron chi connectivity index (χ0n) is 13.9. The summed E-state index contributed by atoms with van der Waals surface area (Å²) in [5, 5.41) is 13.0. The van der Waals surface area contributed by atoms with Gasteiger partial charge in [0.2, 0.25) is 12.3 Å². The van der Waals surface area contributed by atoms with E-state index in [0.717, 1.165) is 21.0 Å². The largest absolute Gasteiger partial charge is 0.623 e. The summed E-state index contributed by atoms with van der Waals surface area (Å²) in [6.07, 6.45) is 3.73. The van der Waals surface area contributed by atoms with E-state index in [1.807, 2.05) is 35.9 Å². The van der Waals surface area contributed by atoms with Crippen molar-refractivity contribution in [3.8, 4) is 5.69 Å². The first-order valence-electron chi connectivity index (χ1n) is 7.88. The Hall–Kier alpha value is -2.60. The lowest BCUT2D eigenvalue weighted by atomic mass is 10.00. The Morgan fingerprint density at radius 1 is 1.20 bits per heavy atom. The fraction of sp³-hybridized carbons (Fsp3) is 0.158. The number of nitrogens with zero attached hydrogens (tertiary/aromatic N) is 3. The molecule has 2 heterocycles. The molecule has 1 aromatic heterocycles. The van der Waals surface area contributed by atoms with Crippen molar-refractivity contribution < 1.29 is 9.13 Å². The molecule has 3 aromatic rings. The molecular weight excluding hydrogens is 337 g/mol. The Balaban J connectivity index is 2.08. The summed E-state index contributed by atoms with van der Waals surface area (Å²) < 4.78 is 17.3. The van der Waals surface area contributed by atoms with Crippen molar-refractivity contribution >= 4 is 17.5 Å². The normalized spacial score (nSPS) is 13.4. The minimum Gasteiger partial charge on any atom is -0.623 e. The second-order valence-electron chi connectivity index (χ2n) is 5.90. The SMILES string of the molecule is CSc1ccc2c(c1)C(c1ccccc1F)=[N+]([O-])Cc1ncc(C)n1-2. The van der Waals surface area contributed by atoms with Crippen LogP contribution in [0.2, 0.25) is 0 Å². The van der Waals surface area contributed by atoms with E-state index in [1.54, 1.807) is 36.2 Å². The molecule has 0 atom stereocenters. The van der Waals surface area contributed by atoms with Crippen molar-refractivity contribution in [1.29, 1.82) is 0 Å². The van der Waals surface area contributed by atoms with Gasteiger partial charge >= 0.3 is 0 Å². The maximum atomic E-state index is 14.5. The number of rotatable bonds is 2. The summed E-state index contributed by atoms with van der Waals surface area (Å²) in [5.74, 6) is 0.243. The van der Waals surface area contributed by atoms with Crippen LogP contribution in [0.25, 0.3) is 5.69 Å². The van der Waals surface area contributed by atoms with Crippen molar-refractivity contribution in [3.05, 3.63) is 82.3 Å². The standard InChI is InChI=1S/C19H16FN3OS/c1-12-10-21-18-11-22(24)19(14-5-3-4-6-16(14)20)15-9-13(25-2)7-8-17(15)23(12)18/h3-10H,11H2,1-2H3. The van der Waals surface area contributed by atoms with Crippen LogP contribution in [0.1, 0.15) is 22.6 Å². The molecule has 0 radical (unpaired) electrons. The molecule has 6 heteroatoms. The minimum atomic E-state index is -0.407. The molecule has 0 unspecified atom stereocenters. The zero-order valence-corrected chi connectivity index (χ0v) is 14.7. The summed E-state index contributed by atoms with van der Waals surface area (Å²) in [7, 11) is 0. The number of aromatic nitrogens is 2. The van der Waals surface area contributed by atoms with Crippen LogP contribution in [-0.2, 0) is 6.54 Å². The fourth-order valence-corrected chi connectivity index (χ4v) is 3.67. The van der Waals surface area contributed by atoms with Gasteiger partial charge in [0.25, 0.3) is 0 Å². The van der Waals surface area contributed by atoms with Crippen molar-refractivity contribution in [3.63, 3.8) is 0 Å². The topological polar surface area (TPSA) is 43.9 Å². The van der Waals surface area contributed by atoms with Crippen LogP contribution in [-0.4, -0.2) is 26.3 Å². The molecule has 0 spiro atoms. The van der Waals surface area contributed by atoms with Gasteiger partial charge < -0.3 is 5.21 Å². The molecule has 1 aliphatic rings. The van der Waals surface area contributed by atoms with Gasteiger partial charge in [0.15, 0.2) is 5.82 Å². The van der Waals surface area contributed by atoms with Gasteiger partial charge in [-0.2, -0.15) is 4.74 Å². The lowest BCUT2D eigenvalue weighted by Crippen LogP contribution is -2.19. The molecule has 2 aromatic carbocycles. The Kier molecular flexibility index (Phi) is 3.84. The number of benzene rings is 2. The van der Waals surface area contributed by atoms with Crippen molar-refractivity contribution in [2.45, 2.75) is 18.4 Å². The van der Waals surface area contributed by atoms with E-state index >= 15 is 0 Å². The summed E-state index contributed by atoms with van der Waals surface area (Å²) in [5.41, 5.74) is 3.15. The van der Waals surface area contributed by atoms with E-state index < -0.39 is 5.82 Å². The summed E-state index contributed by atoms with van der Waals surface area (Å²) >= 11 is 1.59. The van der Waals surface area contributed by atoms with Crippen LogP contribution in [0, 0.1) is 17.9 Å². The molecule has 4 nitrogen and oxygen atoms in total. The van der Waals surface area contributed by atoms with E-state index in [-0.39, 0.29) is 6.54 Å². The van der Waals surface area contributed by atoms with Crippen LogP contribution >= 0.6 is 11.8 Å². The number of hydrogen-bond donors (Lipinski definition) is 0. The smallest absolute Gasteiger partial charge is 0.231 e. The zero-order chi connectivity index (χ0) is 17.6. The Morgan fingerprint density at radius 2 is 2.00 bits per heavy atom. The van der Waals surface area contributed by atoms with Crippen LogP contribution in [0.3, 0.4) is 0 Å². The average Bonchev–Trinajstić information content (AvgIpc) is 2.91. The van der Waals surface area contributed by atoms with E-state index in [9.17, 15) is 9.60 Å². The summed E-state index contributed by atoms with van der Waals surface area (Å²) in [6.45, 7) is 2.02. The third kappa shape index (κ3) is 2.53. The van der Waals surface area contributed by atoms with E-state index in [2.05, 4.69) is 4.98 Å². The molecule has 25 heavy (non-hydrogen) atoms. The number of hydroxylamine groups is 1. The number of fused-ring (bicyclic) bond motifs is 3. The first kappa shape index (κ1) is 15.9. The highest BCUT2D eigenvalue weighted by Crippen LogP contribution is 2.30. The molecule has 0 saturated heterocycles. The Labute approximate surface area is 149 Å². The molecule has 0 amide bonds. The maximum Gasteiger partial charge on any atom is 0.231 e. The van der Waals surface area contributed by atoms with Crippen molar-refractivity contribution in [2.24, 2.45) is 0 Å². The molecule has 0 N–H and O–H groups in total. The highest BCUT2D eigenvalue weighted by molar-refractivity contribution is 7.98. The van der Waals surface area contributed by atoms with Gasteiger partial charge in [0.05, 0.1) is 16.8 Å². The van der Waals surface area contributed by atoms with Crippen molar-refractivity contribution in [1.82, 2.24) is 9.55 Å². The number of thioether (sulfide) groups is 1. The van der Waals surface area contributed by atoms with Gasteiger partial charge in [-0.15, -0.1) is 11.8 Å². The Morgan fingerprint density at radius 3 is 2.76 bits per heavy atom. The lowest BCUT2D eigenvalue weighted by Gasteiger charge is -2.13. The van der Waals surface area contributed by atoms with Gasteiger partial charge in [-0.1, -0.05) is 12.1 Å². The predicted molar refractivity (Wildman–Crippen MR) is 97.0 cm³/mol. The quantitative estimate of drug-likeness (QED) is 0.399. The van der Waals surface area contributed by atoms with Gasteiger partial charge in [-0.05, 0) is 43.5 Å². The highest BCUT2D eigenvalue weighted by Gasteiger charge is 2.29. The minimum absolute atomic E-state index is 0.0702. The van der Waals surface area contributed by atoms with Gasteiger partial charge in [-0.3, -0.25) is 4.57 Å². The lowest BCUT2D eigenvalue weighted by molar-refractivity contribution is -0.475. The number of hydrogen-bond acceptors (Lipinski definition) is 3. The second kappa shape index (κ2) is 6.04. The molecule has 1 aliphatic heterocycles. The van der Waals surface area contributed by atoms with Crippen LogP contribution in [0.5, 0.6) is 0 Å². The third-order valence-electron chi connectivity index (χ3n) is 4.37. The first-order chi connectivity index (χ1) is 12.1. The number of aryl methyl sites for hydroxylation is 1. The van der Waals surface area contributed by atoms with Gasteiger partial charge in [0.1, 0.15) is 5.82 Å². The molecule has 0 bridgehead atoms. The van der Waals surface area contributed by atoms with Gasteiger partial charge in [0, 0.05) is 16.8 Å². The fourth-order valence-electron chi connectivity index (χ4n) is 3.23. The maximum absolute atomic E-state index is 14.5. The monoisotopic (exact) mass is 353 g/mol. The molecular formula is C19H16FN3OS. The molecule has 0 aliphatic carbocycles. The van der Waals surface area contributed by atoms with Crippen LogP contribution in [0.15, 0.2) is 53.6 Å². The molecule has 4 rings (SSSR count). The van der Waals surface area contributed by atoms with E-state index in [0.29, 0.717) is 22.7 Å². The molecule has 126 valence electrons. The highest BCUT2D eigenvalue weighted by atomic mass is 32.2. The molecule has 0 saturated carbocycles. The van der Waals surface area contributed by atoms with E-state index in [1.165, 1.54) is 6.07 Å². The van der Waals surface area contributed by atoms with E-state index in [4.69, 9.17) is 0 Å². The van der Waals surface area contributed by atoms with Crippen molar-refractivity contribution in [2.75, 3.05) is 6.26 Å². The predicted octanol–water partition coefficient (Wildman–Crippen LogP) is 3.90. The van der Waals surface area contributed by atoms with Crippen LogP contribution in [0.4, 0.5) is 4.39 Å². The summed E-state index contributed by atoms with van der Waals surface area (Å²) in [6, 6.07) is 12.3. The second-order valence-corrected chi connectivity index (χ2v) is 6.78. The average molecular weight is 353 g/mol. The summed E-state index contributed by atoms with van der Waals surface area (Å²) in [4.78, 5) is 5.38. The number of imidazole rings is 1. The van der Waals surface area contributed by atoms with Crippen LogP contribution < -0.4 is 0 Å². The van der Waals surface area contributed by atoms with Gasteiger partial charge in [-0.25, -0.2) is 9.37 Å². The number of halogens is 1. The Bertz CT molecular complexity index is 1010.